The zero-order valence-electron chi connectivity index (χ0n) is 18.4. The molecule has 0 saturated heterocycles. The Kier molecular flexibility index (Phi) is 7.17. The maximum Gasteiger partial charge on any atom is 0.274 e. The fourth-order valence-corrected chi connectivity index (χ4v) is 4.21. The van der Waals surface area contributed by atoms with Gasteiger partial charge in [0.2, 0.25) is 0 Å². The standard InChI is InChI=1S/C23H36N4O2/c1-5-13-27(18-7-6-8-18)15-11-17(2)10-14-25(3)22(28)20-16-26(4)23(29)21-19(20)9-12-24-21/h9,12,16-18,24H,5-8,10-11,13-15H2,1-4H3. The van der Waals surface area contributed by atoms with Crippen molar-refractivity contribution < 1.29 is 4.79 Å². The number of fused-ring (bicyclic) bond motifs is 1. The molecule has 0 aliphatic heterocycles. The van der Waals surface area contributed by atoms with Crippen molar-refractivity contribution in [3.63, 3.8) is 0 Å². The molecule has 3 rings (SSSR count). The molecule has 2 aromatic heterocycles. The lowest BCUT2D eigenvalue weighted by Crippen LogP contribution is -2.41. The first-order valence-corrected chi connectivity index (χ1v) is 11.1. The second-order valence-electron chi connectivity index (χ2n) is 8.76. The highest BCUT2D eigenvalue weighted by Gasteiger charge is 2.24. The van der Waals surface area contributed by atoms with Crippen LogP contribution < -0.4 is 5.56 Å². The van der Waals surface area contributed by atoms with Crippen LogP contribution in [0.25, 0.3) is 10.9 Å². The molecular formula is C23H36N4O2. The fraction of sp³-hybridized carbons (Fsp3) is 0.652. The Morgan fingerprint density at radius 2 is 2.00 bits per heavy atom. The van der Waals surface area contributed by atoms with Crippen LogP contribution in [0, 0.1) is 5.92 Å². The molecule has 0 spiro atoms. The summed E-state index contributed by atoms with van der Waals surface area (Å²) in [7, 11) is 3.54. The molecule has 1 aliphatic rings. The monoisotopic (exact) mass is 400 g/mol. The highest BCUT2D eigenvalue weighted by Crippen LogP contribution is 2.26. The number of nitrogens with zero attached hydrogens (tertiary/aromatic N) is 3. The van der Waals surface area contributed by atoms with E-state index in [1.165, 1.54) is 49.8 Å². The van der Waals surface area contributed by atoms with Gasteiger partial charge in [0.15, 0.2) is 0 Å². The van der Waals surface area contributed by atoms with E-state index < -0.39 is 0 Å². The molecule has 0 aromatic carbocycles. The molecule has 1 aliphatic carbocycles. The number of carbonyl (C=O) groups excluding carboxylic acids is 1. The molecule has 0 bridgehead atoms. The minimum absolute atomic E-state index is 0.0283. The summed E-state index contributed by atoms with van der Waals surface area (Å²) in [5.74, 6) is 0.552. The molecule has 1 N–H and O–H groups in total. The maximum absolute atomic E-state index is 13.0. The average molecular weight is 401 g/mol. The summed E-state index contributed by atoms with van der Waals surface area (Å²) in [5.41, 5.74) is 0.964. The Bertz CT molecular complexity index is 881. The molecule has 1 amide bonds. The van der Waals surface area contributed by atoms with E-state index in [1.807, 2.05) is 13.1 Å². The second kappa shape index (κ2) is 9.61. The summed E-state index contributed by atoms with van der Waals surface area (Å²) < 4.78 is 1.48. The molecule has 29 heavy (non-hydrogen) atoms. The summed E-state index contributed by atoms with van der Waals surface area (Å²) in [6.45, 7) is 7.65. The van der Waals surface area contributed by atoms with Gasteiger partial charge in [-0.25, -0.2) is 0 Å². The van der Waals surface area contributed by atoms with Crippen LogP contribution in [0.5, 0.6) is 0 Å². The van der Waals surface area contributed by atoms with E-state index in [-0.39, 0.29) is 11.5 Å². The first kappa shape index (κ1) is 21.6. The Morgan fingerprint density at radius 1 is 1.28 bits per heavy atom. The smallest absolute Gasteiger partial charge is 0.274 e. The van der Waals surface area contributed by atoms with Gasteiger partial charge >= 0.3 is 0 Å². The van der Waals surface area contributed by atoms with Crippen molar-refractivity contribution in [3.8, 4) is 0 Å². The summed E-state index contributed by atoms with van der Waals surface area (Å²) >= 11 is 0. The molecule has 1 fully saturated rings. The lowest BCUT2D eigenvalue weighted by Gasteiger charge is -2.38. The van der Waals surface area contributed by atoms with E-state index in [1.54, 1.807) is 24.3 Å². The zero-order chi connectivity index (χ0) is 21.0. The topological polar surface area (TPSA) is 61.3 Å². The second-order valence-corrected chi connectivity index (χ2v) is 8.76. The SMILES string of the molecule is CCCN(CCC(C)CCN(C)C(=O)c1cn(C)c(=O)c2[nH]ccc12)C1CCC1. The van der Waals surface area contributed by atoms with Gasteiger partial charge in [-0.3, -0.25) is 9.59 Å². The lowest BCUT2D eigenvalue weighted by molar-refractivity contribution is 0.0785. The van der Waals surface area contributed by atoms with Gasteiger partial charge in [0.25, 0.3) is 11.5 Å². The number of aryl methyl sites for hydroxylation is 1. The number of nitrogens with one attached hydrogen (secondary N) is 1. The molecule has 1 atom stereocenters. The molecule has 1 unspecified atom stereocenters. The van der Waals surface area contributed by atoms with Gasteiger partial charge < -0.3 is 19.4 Å². The molecular weight excluding hydrogens is 364 g/mol. The third-order valence-corrected chi connectivity index (χ3v) is 6.44. The van der Waals surface area contributed by atoms with E-state index in [2.05, 4.69) is 23.7 Å². The predicted octanol–water partition coefficient (Wildman–Crippen LogP) is 3.62. The first-order valence-electron chi connectivity index (χ1n) is 11.1. The molecule has 2 aromatic rings. The summed E-state index contributed by atoms with van der Waals surface area (Å²) in [5, 5.41) is 0.703. The number of rotatable bonds is 10. The Labute approximate surface area is 173 Å². The van der Waals surface area contributed by atoms with Crippen LogP contribution in [0.2, 0.25) is 0 Å². The normalized spacial score (nSPS) is 15.6. The van der Waals surface area contributed by atoms with Crippen molar-refractivity contribution in [3.05, 3.63) is 34.4 Å². The van der Waals surface area contributed by atoms with E-state index in [4.69, 9.17) is 0 Å². The molecule has 6 heteroatoms. The van der Waals surface area contributed by atoms with Crippen molar-refractivity contribution >= 4 is 16.8 Å². The van der Waals surface area contributed by atoms with E-state index >= 15 is 0 Å². The third-order valence-electron chi connectivity index (χ3n) is 6.44. The van der Waals surface area contributed by atoms with Crippen LogP contribution in [-0.4, -0.2) is 58.0 Å². The molecule has 0 radical (unpaired) electrons. The number of carbonyl (C=O) groups is 1. The fourth-order valence-electron chi connectivity index (χ4n) is 4.21. The van der Waals surface area contributed by atoms with E-state index in [9.17, 15) is 9.59 Å². The van der Waals surface area contributed by atoms with Gasteiger partial charge in [-0.15, -0.1) is 0 Å². The van der Waals surface area contributed by atoms with Crippen LogP contribution in [-0.2, 0) is 7.05 Å². The van der Waals surface area contributed by atoms with E-state index in [0.717, 1.165) is 19.0 Å². The minimum Gasteiger partial charge on any atom is -0.357 e. The largest absolute Gasteiger partial charge is 0.357 e. The average Bonchev–Trinajstić information content (AvgIpc) is 3.15. The van der Waals surface area contributed by atoms with E-state index in [0.29, 0.717) is 22.4 Å². The van der Waals surface area contributed by atoms with Gasteiger partial charge in [-0.2, -0.15) is 0 Å². The highest BCUT2D eigenvalue weighted by molar-refractivity contribution is 6.05. The van der Waals surface area contributed by atoms with Crippen molar-refractivity contribution in [1.82, 2.24) is 19.4 Å². The van der Waals surface area contributed by atoms with Crippen molar-refractivity contribution in [2.75, 3.05) is 26.7 Å². The van der Waals surface area contributed by atoms with Gasteiger partial charge in [0, 0.05) is 44.5 Å². The molecule has 160 valence electrons. The Morgan fingerprint density at radius 3 is 2.66 bits per heavy atom. The maximum atomic E-state index is 13.0. The number of amides is 1. The quantitative estimate of drug-likeness (QED) is 0.663. The number of hydrogen-bond donors (Lipinski definition) is 1. The molecule has 1 saturated carbocycles. The van der Waals surface area contributed by atoms with Crippen LogP contribution >= 0.6 is 0 Å². The third kappa shape index (κ3) is 4.92. The van der Waals surface area contributed by atoms with Crippen LogP contribution in [0.4, 0.5) is 0 Å². The lowest BCUT2D eigenvalue weighted by atomic mass is 9.90. The van der Waals surface area contributed by atoms with Crippen molar-refractivity contribution in [2.24, 2.45) is 13.0 Å². The van der Waals surface area contributed by atoms with Gasteiger partial charge in [0.05, 0.1) is 5.56 Å². The zero-order valence-corrected chi connectivity index (χ0v) is 18.4. The van der Waals surface area contributed by atoms with Gasteiger partial charge in [-0.1, -0.05) is 20.3 Å². The summed E-state index contributed by atoms with van der Waals surface area (Å²) in [6, 6.07) is 2.61. The number of hydrogen-bond acceptors (Lipinski definition) is 3. The number of aromatic amines is 1. The van der Waals surface area contributed by atoms with Crippen LogP contribution in [0.1, 0.15) is 62.7 Å². The highest BCUT2D eigenvalue weighted by atomic mass is 16.2. The summed E-state index contributed by atoms with van der Waals surface area (Å²) in [4.78, 5) is 32.6. The van der Waals surface area contributed by atoms with Crippen molar-refractivity contribution in [1.29, 1.82) is 0 Å². The number of aromatic nitrogens is 2. The Hall–Kier alpha value is -2.08. The first-order chi connectivity index (χ1) is 13.9. The van der Waals surface area contributed by atoms with Gasteiger partial charge in [0.1, 0.15) is 5.52 Å². The van der Waals surface area contributed by atoms with Crippen LogP contribution in [0.3, 0.4) is 0 Å². The summed E-state index contributed by atoms with van der Waals surface area (Å²) in [6.07, 6.45) is 10.9. The van der Waals surface area contributed by atoms with Gasteiger partial charge in [-0.05, 0) is 57.2 Å². The van der Waals surface area contributed by atoms with Crippen molar-refractivity contribution in [2.45, 2.75) is 58.4 Å². The van der Waals surface area contributed by atoms with Crippen LogP contribution in [0.15, 0.2) is 23.3 Å². The predicted molar refractivity (Wildman–Crippen MR) is 118 cm³/mol. The Balaban J connectivity index is 1.54. The molecule has 6 nitrogen and oxygen atoms in total. The number of H-pyrrole nitrogens is 1. The number of pyridine rings is 1. The molecule has 2 heterocycles. The minimum atomic E-state index is -0.110.